The summed E-state index contributed by atoms with van der Waals surface area (Å²) in [7, 11) is 0. The van der Waals surface area contributed by atoms with Gasteiger partial charge in [0.15, 0.2) is 0 Å². The molecule has 3 rings (SSSR count). The monoisotopic (exact) mass is 378 g/mol. The second kappa shape index (κ2) is 9.05. The highest BCUT2D eigenvalue weighted by Gasteiger charge is 2.37. The van der Waals surface area contributed by atoms with Gasteiger partial charge in [0.1, 0.15) is 0 Å². The van der Waals surface area contributed by atoms with E-state index in [1.807, 2.05) is 58.3 Å². The molecule has 0 aromatic heterocycles. The number of fused-ring (bicyclic) bond motifs is 1. The molecule has 28 heavy (non-hydrogen) atoms. The third-order valence-electron chi connectivity index (χ3n) is 5.51. The van der Waals surface area contributed by atoms with Crippen LogP contribution in [0.2, 0.25) is 0 Å². The lowest BCUT2D eigenvalue weighted by atomic mass is 9.89. The molecule has 0 spiro atoms. The zero-order valence-electron chi connectivity index (χ0n) is 17.1. The van der Waals surface area contributed by atoms with Crippen molar-refractivity contribution in [3.8, 4) is 0 Å². The molecule has 2 amide bonds. The van der Waals surface area contributed by atoms with Crippen molar-refractivity contribution in [2.75, 3.05) is 9.80 Å². The lowest BCUT2D eigenvalue weighted by Gasteiger charge is -2.43. The first-order valence-electron chi connectivity index (χ1n) is 10.3. The third kappa shape index (κ3) is 4.11. The maximum atomic E-state index is 13.3. The Morgan fingerprint density at radius 2 is 1.71 bits per heavy atom. The Balaban J connectivity index is 2.03. The Morgan fingerprint density at radius 1 is 1.04 bits per heavy atom. The van der Waals surface area contributed by atoms with Gasteiger partial charge in [-0.3, -0.25) is 9.59 Å². The van der Waals surface area contributed by atoms with Crippen LogP contribution in [0.5, 0.6) is 0 Å². The van der Waals surface area contributed by atoms with Crippen LogP contribution in [0.25, 0.3) is 0 Å². The lowest BCUT2D eigenvalue weighted by molar-refractivity contribution is -0.119. The van der Waals surface area contributed by atoms with Gasteiger partial charge < -0.3 is 9.80 Å². The van der Waals surface area contributed by atoms with E-state index in [0.717, 1.165) is 42.6 Å². The summed E-state index contributed by atoms with van der Waals surface area (Å²) < 4.78 is 0. The first kappa shape index (κ1) is 20.1. The summed E-state index contributed by atoms with van der Waals surface area (Å²) >= 11 is 0. The minimum Gasteiger partial charge on any atom is -0.309 e. The van der Waals surface area contributed by atoms with E-state index >= 15 is 0 Å². The van der Waals surface area contributed by atoms with Gasteiger partial charge in [-0.1, -0.05) is 56.2 Å². The van der Waals surface area contributed by atoms with Gasteiger partial charge in [0.25, 0.3) is 0 Å². The first-order valence-corrected chi connectivity index (χ1v) is 10.3. The maximum Gasteiger partial charge on any atom is 0.227 e. The average Bonchev–Trinajstić information content (AvgIpc) is 2.69. The molecule has 148 valence electrons. The number of hydrogen-bond donors (Lipinski definition) is 0. The molecule has 1 aliphatic heterocycles. The predicted octanol–water partition coefficient (Wildman–Crippen LogP) is 5.49. The van der Waals surface area contributed by atoms with Crippen molar-refractivity contribution in [1.82, 2.24) is 0 Å². The number of rotatable bonds is 6. The van der Waals surface area contributed by atoms with E-state index in [2.05, 4.69) is 19.9 Å². The summed E-state index contributed by atoms with van der Waals surface area (Å²) in [5.41, 5.74) is 2.89. The zero-order chi connectivity index (χ0) is 20.1. The Hall–Kier alpha value is -2.62. The zero-order valence-corrected chi connectivity index (χ0v) is 17.1. The minimum atomic E-state index is -0.0710. The van der Waals surface area contributed by atoms with Crippen molar-refractivity contribution in [2.24, 2.45) is 0 Å². The highest BCUT2D eigenvalue weighted by Crippen LogP contribution is 2.42. The molecule has 0 bridgehead atoms. The van der Waals surface area contributed by atoms with Crippen LogP contribution in [0.15, 0.2) is 54.6 Å². The van der Waals surface area contributed by atoms with Crippen molar-refractivity contribution in [3.63, 3.8) is 0 Å². The molecule has 0 N–H and O–H groups in total. The van der Waals surface area contributed by atoms with Gasteiger partial charge in [0.05, 0.1) is 6.04 Å². The number of amides is 2. The summed E-state index contributed by atoms with van der Waals surface area (Å²) in [6.07, 6.45) is 4.33. The summed E-state index contributed by atoms with van der Waals surface area (Å²) in [5.74, 6) is 0.196. The number of hydrogen-bond acceptors (Lipinski definition) is 2. The van der Waals surface area contributed by atoms with E-state index < -0.39 is 0 Å². The van der Waals surface area contributed by atoms with Crippen LogP contribution in [-0.4, -0.2) is 17.9 Å². The number of benzene rings is 2. The van der Waals surface area contributed by atoms with Crippen LogP contribution < -0.4 is 9.80 Å². The molecule has 2 aromatic rings. The number of nitrogens with zero attached hydrogens (tertiary/aromatic N) is 2. The predicted molar refractivity (Wildman–Crippen MR) is 114 cm³/mol. The topological polar surface area (TPSA) is 40.6 Å². The van der Waals surface area contributed by atoms with Crippen LogP contribution in [-0.2, 0) is 9.59 Å². The summed E-state index contributed by atoms with van der Waals surface area (Å²) in [4.78, 5) is 29.4. The van der Waals surface area contributed by atoms with Crippen LogP contribution in [0.3, 0.4) is 0 Å². The fourth-order valence-electron chi connectivity index (χ4n) is 4.24. The molecular formula is C24H30N2O2. The third-order valence-corrected chi connectivity index (χ3v) is 5.51. The Labute approximate surface area is 168 Å². The van der Waals surface area contributed by atoms with Crippen molar-refractivity contribution in [2.45, 2.75) is 65.0 Å². The second-order valence-electron chi connectivity index (χ2n) is 7.60. The van der Waals surface area contributed by atoms with Crippen molar-refractivity contribution >= 4 is 23.2 Å². The standard InChI is InChI=1S/C24H30N2O2/c1-4-5-7-16-24(28)26(20-12-8-6-9-13-20)23-17-18(2)25(19(3)27)22-15-11-10-14-21(22)23/h6,8-15,18,23H,4-5,7,16-17H2,1-3H3. The van der Waals surface area contributed by atoms with Gasteiger partial charge in [-0.2, -0.15) is 0 Å². The van der Waals surface area contributed by atoms with E-state index in [1.54, 1.807) is 6.92 Å². The van der Waals surface area contributed by atoms with Crippen molar-refractivity contribution in [1.29, 1.82) is 0 Å². The minimum absolute atomic E-state index is 0.0343. The summed E-state index contributed by atoms with van der Waals surface area (Å²) in [5, 5.41) is 0. The number of anilines is 2. The summed E-state index contributed by atoms with van der Waals surface area (Å²) in [6.45, 7) is 5.82. The molecule has 4 nitrogen and oxygen atoms in total. The van der Waals surface area contributed by atoms with Gasteiger partial charge in [0.2, 0.25) is 11.8 Å². The first-order chi connectivity index (χ1) is 13.5. The lowest BCUT2D eigenvalue weighted by Crippen LogP contribution is -2.47. The molecule has 1 heterocycles. The van der Waals surface area contributed by atoms with Gasteiger partial charge in [-0.05, 0) is 43.5 Å². The summed E-state index contributed by atoms with van der Waals surface area (Å²) in [6, 6.07) is 17.9. The highest BCUT2D eigenvalue weighted by atomic mass is 16.2. The largest absolute Gasteiger partial charge is 0.309 e. The van der Waals surface area contributed by atoms with Crippen LogP contribution in [0.1, 0.15) is 64.5 Å². The van der Waals surface area contributed by atoms with Gasteiger partial charge in [0, 0.05) is 30.8 Å². The second-order valence-corrected chi connectivity index (χ2v) is 7.60. The fourth-order valence-corrected chi connectivity index (χ4v) is 4.24. The van der Waals surface area contributed by atoms with Crippen LogP contribution in [0, 0.1) is 0 Å². The average molecular weight is 379 g/mol. The molecule has 4 heteroatoms. The van der Waals surface area contributed by atoms with E-state index in [1.165, 1.54) is 0 Å². The SMILES string of the molecule is CCCCCC(=O)N(c1ccccc1)C1CC(C)N(C(C)=O)c2ccccc21. The van der Waals surface area contributed by atoms with E-state index in [-0.39, 0.29) is 23.9 Å². The molecule has 0 aliphatic carbocycles. The molecule has 0 saturated heterocycles. The molecule has 2 aromatic carbocycles. The van der Waals surface area contributed by atoms with Gasteiger partial charge >= 0.3 is 0 Å². The fraction of sp³-hybridized carbons (Fsp3) is 0.417. The van der Waals surface area contributed by atoms with Crippen molar-refractivity contribution in [3.05, 3.63) is 60.2 Å². The molecule has 2 atom stereocenters. The molecule has 2 unspecified atom stereocenters. The number of unbranched alkanes of at least 4 members (excludes halogenated alkanes) is 2. The van der Waals surface area contributed by atoms with E-state index in [9.17, 15) is 9.59 Å². The highest BCUT2D eigenvalue weighted by molar-refractivity contribution is 5.97. The Kier molecular flexibility index (Phi) is 6.50. The molecule has 0 saturated carbocycles. The van der Waals surface area contributed by atoms with E-state index in [0.29, 0.717) is 6.42 Å². The van der Waals surface area contributed by atoms with Gasteiger partial charge in [-0.15, -0.1) is 0 Å². The van der Waals surface area contributed by atoms with Crippen LogP contribution in [0.4, 0.5) is 11.4 Å². The molecule has 0 fully saturated rings. The Bertz CT molecular complexity index is 818. The molecular weight excluding hydrogens is 348 g/mol. The quantitative estimate of drug-likeness (QED) is 0.624. The number of para-hydroxylation sites is 2. The molecule has 1 aliphatic rings. The Morgan fingerprint density at radius 3 is 2.39 bits per heavy atom. The normalized spacial score (nSPS) is 18.5. The van der Waals surface area contributed by atoms with E-state index in [4.69, 9.17) is 0 Å². The number of carbonyl (C=O) groups is 2. The van der Waals surface area contributed by atoms with Crippen molar-refractivity contribution < 1.29 is 9.59 Å². The number of carbonyl (C=O) groups excluding carboxylic acids is 2. The van der Waals surface area contributed by atoms with Crippen LogP contribution >= 0.6 is 0 Å². The molecule has 0 radical (unpaired) electrons. The van der Waals surface area contributed by atoms with Gasteiger partial charge in [-0.25, -0.2) is 0 Å². The smallest absolute Gasteiger partial charge is 0.227 e. The maximum absolute atomic E-state index is 13.3.